The van der Waals surface area contributed by atoms with Crippen molar-refractivity contribution in [2.45, 2.75) is 19.4 Å². The number of likely N-dealkylation sites (tertiary alicyclic amines) is 1. The molecule has 0 spiro atoms. The summed E-state index contributed by atoms with van der Waals surface area (Å²) in [6, 6.07) is 0.446. The van der Waals surface area contributed by atoms with Crippen molar-refractivity contribution in [3.63, 3.8) is 0 Å². The summed E-state index contributed by atoms with van der Waals surface area (Å²) < 4.78 is 0. The van der Waals surface area contributed by atoms with Gasteiger partial charge in [0.25, 0.3) is 0 Å². The lowest BCUT2D eigenvalue weighted by Gasteiger charge is -2.32. The zero-order valence-corrected chi connectivity index (χ0v) is 6.30. The Morgan fingerprint density at radius 2 is 2.22 bits per heavy atom. The molecule has 2 N–H and O–H groups in total. The Balaban J connectivity index is 2.35. The number of piperidine rings is 1. The molecular formula is C7H16N2. The maximum absolute atomic E-state index is 5.81. The van der Waals surface area contributed by atoms with Gasteiger partial charge in [0.05, 0.1) is 0 Å². The van der Waals surface area contributed by atoms with Crippen LogP contribution in [0.5, 0.6) is 0 Å². The highest BCUT2D eigenvalue weighted by atomic mass is 15.1. The van der Waals surface area contributed by atoms with Crippen LogP contribution < -0.4 is 5.73 Å². The lowest BCUT2D eigenvalue weighted by Crippen LogP contribution is -2.44. The number of hydrogen-bond acceptors (Lipinski definition) is 2. The summed E-state index contributed by atoms with van der Waals surface area (Å²) in [7, 11) is 2.16. The van der Waals surface area contributed by atoms with Crippen LogP contribution in [0.1, 0.15) is 13.3 Å². The molecule has 54 valence electrons. The van der Waals surface area contributed by atoms with Crippen LogP contribution in [0.15, 0.2) is 0 Å². The van der Waals surface area contributed by atoms with Gasteiger partial charge in [-0.1, -0.05) is 6.92 Å². The minimum atomic E-state index is 0.446. The maximum Gasteiger partial charge on any atom is 0.00888 e. The third-order valence-corrected chi connectivity index (χ3v) is 2.17. The molecule has 1 aliphatic heterocycles. The topological polar surface area (TPSA) is 29.3 Å². The third kappa shape index (κ3) is 1.66. The van der Waals surface area contributed by atoms with Crippen molar-refractivity contribution >= 4 is 0 Å². The fraction of sp³-hybridized carbons (Fsp3) is 1.00. The highest BCUT2D eigenvalue weighted by Gasteiger charge is 2.19. The Hall–Kier alpha value is -0.0800. The van der Waals surface area contributed by atoms with Crippen LogP contribution in [-0.2, 0) is 0 Å². The molecule has 0 aromatic rings. The van der Waals surface area contributed by atoms with Crippen LogP contribution in [-0.4, -0.2) is 31.1 Å². The molecule has 1 rings (SSSR count). The molecule has 1 aliphatic rings. The van der Waals surface area contributed by atoms with Gasteiger partial charge in [-0.05, 0) is 25.9 Å². The van der Waals surface area contributed by atoms with Crippen molar-refractivity contribution in [3.05, 3.63) is 0 Å². The van der Waals surface area contributed by atoms with Crippen LogP contribution in [0.25, 0.3) is 0 Å². The van der Waals surface area contributed by atoms with Gasteiger partial charge in [-0.15, -0.1) is 0 Å². The van der Waals surface area contributed by atoms with Crippen molar-refractivity contribution in [2.24, 2.45) is 11.7 Å². The molecule has 2 heteroatoms. The average Bonchev–Trinajstić information content (AvgIpc) is 1.80. The molecule has 1 fully saturated rings. The Morgan fingerprint density at radius 1 is 1.56 bits per heavy atom. The van der Waals surface area contributed by atoms with Gasteiger partial charge in [0.2, 0.25) is 0 Å². The fourth-order valence-electron chi connectivity index (χ4n) is 1.37. The van der Waals surface area contributed by atoms with Gasteiger partial charge in [0.15, 0.2) is 0 Å². The number of hydrogen-bond donors (Lipinski definition) is 1. The molecule has 0 aromatic carbocycles. The van der Waals surface area contributed by atoms with Crippen molar-refractivity contribution in [2.75, 3.05) is 20.1 Å². The van der Waals surface area contributed by atoms with E-state index in [1.165, 1.54) is 13.1 Å². The van der Waals surface area contributed by atoms with E-state index in [0.717, 1.165) is 6.42 Å². The smallest absolute Gasteiger partial charge is 0.00888 e. The van der Waals surface area contributed by atoms with Crippen molar-refractivity contribution < 1.29 is 0 Å². The molecule has 2 atom stereocenters. The summed E-state index contributed by atoms with van der Waals surface area (Å²) in [5.41, 5.74) is 5.81. The molecule has 9 heavy (non-hydrogen) atoms. The van der Waals surface area contributed by atoms with E-state index in [9.17, 15) is 0 Å². The first kappa shape index (κ1) is 7.03. The van der Waals surface area contributed by atoms with E-state index in [0.29, 0.717) is 12.0 Å². The van der Waals surface area contributed by atoms with E-state index in [1.807, 2.05) is 0 Å². The van der Waals surface area contributed by atoms with Gasteiger partial charge in [0.1, 0.15) is 0 Å². The monoisotopic (exact) mass is 128 g/mol. The second-order valence-corrected chi connectivity index (χ2v) is 3.19. The summed E-state index contributed by atoms with van der Waals surface area (Å²) in [6.07, 6.45) is 1.16. The quantitative estimate of drug-likeness (QED) is 0.508. The minimum absolute atomic E-state index is 0.446. The average molecular weight is 128 g/mol. The van der Waals surface area contributed by atoms with E-state index in [4.69, 9.17) is 5.73 Å². The van der Waals surface area contributed by atoms with E-state index in [2.05, 4.69) is 18.9 Å². The largest absolute Gasteiger partial charge is 0.327 e. The van der Waals surface area contributed by atoms with Gasteiger partial charge in [-0.2, -0.15) is 0 Å². The minimum Gasteiger partial charge on any atom is -0.327 e. The molecule has 0 aromatic heterocycles. The SMILES string of the molecule is C[C@H]1CN(C)CC[C@@H]1N. The Labute approximate surface area is 57.0 Å². The first-order chi connectivity index (χ1) is 4.20. The molecule has 1 saturated heterocycles. The molecule has 0 radical (unpaired) electrons. The zero-order valence-electron chi connectivity index (χ0n) is 6.30. The van der Waals surface area contributed by atoms with E-state index in [-0.39, 0.29) is 0 Å². The van der Waals surface area contributed by atoms with Crippen molar-refractivity contribution in [1.82, 2.24) is 4.90 Å². The maximum atomic E-state index is 5.81. The molecule has 0 amide bonds. The lowest BCUT2D eigenvalue weighted by atomic mass is 9.95. The van der Waals surface area contributed by atoms with E-state index < -0.39 is 0 Å². The fourth-order valence-corrected chi connectivity index (χ4v) is 1.37. The highest BCUT2D eigenvalue weighted by molar-refractivity contribution is 4.77. The van der Waals surface area contributed by atoms with E-state index >= 15 is 0 Å². The number of nitrogens with two attached hydrogens (primary N) is 1. The summed E-state index contributed by atoms with van der Waals surface area (Å²) >= 11 is 0. The van der Waals surface area contributed by atoms with Crippen LogP contribution in [0.2, 0.25) is 0 Å². The van der Waals surface area contributed by atoms with Crippen LogP contribution >= 0.6 is 0 Å². The third-order valence-electron chi connectivity index (χ3n) is 2.17. The summed E-state index contributed by atoms with van der Waals surface area (Å²) in [6.45, 7) is 4.56. The van der Waals surface area contributed by atoms with E-state index in [1.54, 1.807) is 0 Å². The highest BCUT2D eigenvalue weighted by Crippen LogP contribution is 2.12. The molecule has 0 unspecified atom stereocenters. The van der Waals surface area contributed by atoms with Gasteiger partial charge in [-0.3, -0.25) is 0 Å². The van der Waals surface area contributed by atoms with Gasteiger partial charge in [-0.25, -0.2) is 0 Å². The van der Waals surface area contributed by atoms with Gasteiger partial charge in [0, 0.05) is 12.6 Å². The molecule has 1 heterocycles. The van der Waals surface area contributed by atoms with Crippen LogP contribution in [0.3, 0.4) is 0 Å². The normalized spacial score (nSPS) is 39.0. The zero-order chi connectivity index (χ0) is 6.85. The Kier molecular flexibility index (Phi) is 2.09. The molecule has 0 bridgehead atoms. The summed E-state index contributed by atoms with van der Waals surface area (Å²) in [5.74, 6) is 0.684. The standard InChI is InChI=1S/C7H16N2/c1-6-5-9(2)4-3-7(6)8/h6-7H,3-5,8H2,1-2H3/t6-,7-/m0/s1. The van der Waals surface area contributed by atoms with Gasteiger partial charge >= 0.3 is 0 Å². The number of rotatable bonds is 0. The van der Waals surface area contributed by atoms with Crippen LogP contribution in [0.4, 0.5) is 0 Å². The first-order valence-corrected chi connectivity index (χ1v) is 3.64. The summed E-state index contributed by atoms with van der Waals surface area (Å²) in [4.78, 5) is 2.34. The van der Waals surface area contributed by atoms with Crippen molar-refractivity contribution in [1.29, 1.82) is 0 Å². The molecule has 0 saturated carbocycles. The second kappa shape index (κ2) is 2.67. The Morgan fingerprint density at radius 3 is 2.67 bits per heavy atom. The first-order valence-electron chi connectivity index (χ1n) is 3.64. The van der Waals surface area contributed by atoms with Crippen LogP contribution in [0, 0.1) is 5.92 Å². The lowest BCUT2D eigenvalue weighted by molar-refractivity contribution is 0.197. The molecule has 2 nitrogen and oxygen atoms in total. The van der Waals surface area contributed by atoms with Crippen molar-refractivity contribution in [3.8, 4) is 0 Å². The number of nitrogens with zero attached hydrogens (tertiary/aromatic N) is 1. The predicted molar refractivity (Wildman–Crippen MR) is 39.3 cm³/mol. The molecule has 0 aliphatic carbocycles. The predicted octanol–water partition coefficient (Wildman–Crippen LogP) is 0.285. The molecular weight excluding hydrogens is 112 g/mol. The second-order valence-electron chi connectivity index (χ2n) is 3.19. The summed E-state index contributed by atoms with van der Waals surface area (Å²) in [5, 5.41) is 0. The van der Waals surface area contributed by atoms with Gasteiger partial charge < -0.3 is 10.6 Å². The Bertz CT molecular complexity index is 92.9.